The topological polar surface area (TPSA) is 237 Å². The number of allylic oxidation sites excluding steroid dienone is 4. The molecule has 0 amide bonds. The highest BCUT2D eigenvalue weighted by Crippen LogP contribution is 2.45. The van der Waals surface area contributed by atoms with Gasteiger partial charge in [0.15, 0.2) is 12.2 Å². The first-order chi connectivity index (χ1) is 49.5. The van der Waals surface area contributed by atoms with Crippen molar-refractivity contribution in [2.75, 3.05) is 39.6 Å². The van der Waals surface area contributed by atoms with Crippen LogP contribution in [-0.4, -0.2) is 96.7 Å². The third-order valence-electron chi connectivity index (χ3n) is 18.9. The summed E-state index contributed by atoms with van der Waals surface area (Å²) in [6, 6.07) is 0. The summed E-state index contributed by atoms with van der Waals surface area (Å²) < 4.78 is 68.7. The molecule has 5 atom stereocenters. The lowest BCUT2D eigenvalue weighted by molar-refractivity contribution is -0.161. The highest BCUT2D eigenvalue weighted by atomic mass is 31.2. The van der Waals surface area contributed by atoms with E-state index in [-0.39, 0.29) is 25.7 Å². The van der Waals surface area contributed by atoms with E-state index >= 15 is 0 Å². The van der Waals surface area contributed by atoms with E-state index in [4.69, 9.17) is 37.0 Å². The summed E-state index contributed by atoms with van der Waals surface area (Å²) in [5, 5.41) is 10.7. The molecule has 0 fully saturated rings. The van der Waals surface area contributed by atoms with E-state index in [1.54, 1.807) is 0 Å². The fourth-order valence-corrected chi connectivity index (χ4v) is 14.0. The average Bonchev–Trinajstić information content (AvgIpc) is 0.917. The van der Waals surface area contributed by atoms with Gasteiger partial charge in [0.2, 0.25) is 0 Å². The summed E-state index contributed by atoms with van der Waals surface area (Å²) in [6.45, 7) is 7.32. The highest BCUT2D eigenvalue weighted by Gasteiger charge is 2.30. The molecule has 0 heterocycles. The number of aliphatic hydroxyl groups excluding tert-OH is 1. The zero-order chi connectivity index (χ0) is 74.8. The Morgan fingerprint density at radius 2 is 0.529 bits per heavy atom. The number of carbonyl (C=O) groups excluding carboxylic acids is 4. The lowest BCUT2D eigenvalue weighted by Crippen LogP contribution is -2.30. The minimum absolute atomic E-state index is 0.102. The van der Waals surface area contributed by atoms with E-state index in [2.05, 4.69) is 58.9 Å². The number of hydrogen-bond acceptors (Lipinski definition) is 15. The number of carbonyl (C=O) groups is 4. The Bertz CT molecular complexity index is 2040. The Kier molecular flexibility index (Phi) is 73.5. The normalized spacial score (nSPS) is 14.0. The number of phosphoric acid groups is 2. The van der Waals surface area contributed by atoms with Gasteiger partial charge in [-0.25, -0.2) is 9.13 Å². The summed E-state index contributed by atoms with van der Waals surface area (Å²) in [6.07, 6.45) is 70.1. The Balaban J connectivity index is 5.27. The van der Waals surface area contributed by atoms with E-state index in [1.165, 1.54) is 225 Å². The molecule has 0 aliphatic heterocycles. The smallest absolute Gasteiger partial charge is 0.462 e. The van der Waals surface area contributed by atoms with Crippen LogP contribution in [0.3, 0.4) is 0 Å². The van der Waals surface area contributed by atoms with Crippen LogP contribution in [0.2, 0.25) is 0 Å². The zero-order valence-electron chi connectivity index (χ0n) is 66.2. The molecule has 0 aliphatic carbocycles. The lowest BCUT2D eigenvalue weighted by atomic mass is 10.0. The number of aliphatic hydroxyl groups is 1. The summed E-state index contributed by atoms with van der Waals surface area (Å²) in [4.78, 5) is 73.1. The molecule has 19 heteroatoms. The Labute approximate surface area is 624 Å². The van der Waals surface area contributed by atoms with Crippen molar-refractivity contribution in [3.63, 3.8) is 0 Å². The van der Waals surface area contributed by atoms with Crippen molar-refractivity contribution in [3.8, 4) is 0 Å². The monoisotopic (exact) mass is 1490 g/mol. The maximum atomic E-state index is 13.1. The second kappa shape index (κ2) is 75.4. The van der Waals surface area contributed by atoms with Crippen molar-refractivity contribution < 1.29 is 80.2 Å². The van der Waals surface area contributed by atoms with E-state index in [0.717, 1.165) is 115 Å². The quantitative estimate of drug-likeness (QED) is 0.0169. The molecule has 0 saturated heterocycles. The van der Waals surface area contributed by atoms with Crippen LogP contribution in [0.5, 0.6) is 0 Å². The van der Waals surface area contributed by atoms with E-state index in [1.807, 2.05) is 0 Å². The van der Waals surface area contributed by atoms with E-state index < -0.39 is 97.5 Å². The Hall–Kier alpha value is -2.46. The molecule has 0 aromatic rings. The number of unbranched alkanes of at least 4 members (excludes halogenated alkanes) is 50. The van der Waals surface area contributed by atoms with Crippen LogP contribution < -0.4 is 0 Å². The predicted molar refractivity (Wildman–Crippen MR) is 418 cm³/mol. The SMILES string of the molecule is CCCCCC/C=C\C=C/CCCCCCCC(=O)OC[C@H](COP(=O)(O)OC[C@@H](O)COP(=O)(O)OC[C@@H](COC(=O)CCCCCCCCCCCCCCC)OC(=O)CCCCCCCCCCCCCCC)OC(=O)CCCCCCCCCCCCCCCCCCCCC(C)C. The molecule has 17 nitrogen and oxygen atoms in total. The molecule has 0 aliphatic rings. The largest absolute Gasteiger partial charge is 0.472 e. The van der Waals surface area contributed by atoms with Crippen LogP contribution in [0.15, 0.2) is 24.3 Å². The molecule has 3 N–H and O–H groups in total. The molecular formula is C83H158O17P2. The maximum absolute atomic E-state index is 13.1. The van der Waals surface area contributed by atoms with Crippen LogP contribution in [0.25, 0.3) is 0 Å². The van der Waals surface area contributed by atoms with E-state index in [0.29, 0.717) is 25.7 Å². The standard InChI is InChI=1S/C83H158O17P2/c1-6-9-12-15-18-21-24-27-32-38-42-47-52-57-62-67-81(86)94-73-79(100-83(88)69-64-59-54-49-44-39-34-31-29-28-30-33-37-40-45-50-55-60-65-76(4)5)75-98-102(91,92)96-71-77(84)70-95-101(89,90)97-74-78(99-82(87)68-63-58-53-48-43-36-26-23-20-17-14-11-8-3)72-93-80(85)66-61-56-51-46-41-35-25-22-19-16-13-10-7-2/h21,24,27,32,76-79,84H,6-20,22-23,25-26,28-31,33-75H2,1-5H3,(H,89,90)(H,91,92)/b24-21-,32-27-/t77-,78+,79+/m0/s1. The van der Waals surface area contributed by atoms with Gasteiger partial charge in [-0.3, -0.25) is 37.3 Å². The van der Waals surface area contributed by atoms with Crippen LogP contribution in [-0.2, 0) is 65.4 Å². The van der Waals surface area contributed by atoms with Gasteiger partial charge in [0.25, 0.3) is 0 Å². The molecule has 0 saturated carbocycles. The first kappa shape index (κ1) is 99.5. The number of phosphoric ester groups is 2. The van der Waals surface area contributed by atoms with Gasteiger partial charge in [-0.15, -0.1) is 0 Å². The fraction of sp³-hybridized carbons (Fsp3) is 0.904. The van der Waals surface area contributed by atoms with Crippen LogP contribution in [0.4, 0.5) is 0 Å². The second-order valence-electron chi connectivity index (χ2n) is 29.7. The van der Waals surface area contributed by atoms with Gasteiger partial charge < -0.3 is 33.8 Å². The molecule has 0 aromatic carbocycles. The third-order valence-corrected chi connectivity index (χ3v) is 20.8. The van der Waals surface area contributed by atoms with Crippen molar-refractivity contribution in [2.45, 2.75) is 438 Å². The van der Waals surface area contributed by atoms with Gasteiger partial charge >= 0.3 is 39.5 Å². The molecule has 2 unspecified atom stereocenters. The molecule has 0 bridgehead atoms. The average molecular weight is 1490 g/mol. The minimum Gasteiger partial charge on any atom is -0.462 e. The first-order valence-electron chi connectivity index (χ1n) is 42.5. The molecule has 0 rings (SSSR count). The predicted octanol–water partition coefficient (Wildman–Crippen LogP) is 24.8. The molecule has 0 aromatic heterocycles. The number of ether oxygens (including phenoxy) is 4. The number of esters is 4. The van der Waals surface area contributed by atoms with Gasteiger partial charge in [0.1, 0.15) is 19.3 Å². The van der Waals surface area contributed by atoms with Crippen LogP contribution in [0, 0.1) is 5.92 Å². The second-order valence-corrected chi connectivity index (χ2v) is 32.6. The van der Waals surface area contributed by atoms with Crippen molar-refractivity contribution in [1.82, 2.24) is 0 Å². The number of rotatable bonds is 81. The van der Waals surface area contributed by atoms with Gasteiger partial charge in [-0.2, -0.15) is 0 Å². The molecule has 602 valence electrons. The molecule has 102 heavy (non-hydrogen) atoms. The molecular weight excluding hydrogens is 1330 g/mol. The Morgan fingerprint density at radius 3 is 0.804 bits per heavy atom. The van der Waals surface area contributed by atoms with E-state index in [9.17, 15) is 43.2 Å². The molecule has 0 spiro atoms. The van der Waals surface area contributed by atoms with Crippen molar-refractivity contribution in [1.29, 1.82) is 0 Å². The van der Waals surface area contributed by atoms with Gasteiger partial charge in [-0.1, -0.05) is 367 Å². The Morgan fingerprint density at radius 1 is 0.304 bits per heavy atom. The number of hydrogen-bond donors (Lipinski definition) is 3. The molecule has 0 radical (unpaired) electrons. The summed E-state index contributed by atoms with van der Waals surface area (Å²) in [7, 11) is -9.93. The van der Waals surface area contributed by atoms with Crippen LogP contribution in [0.1, 0.15) is 420 Å². The summed E-state index contributed by atoms with van der Waals surface area (Å²) >= 11 is 0. The van der Waals surface area contributed by atoms with Crippen LogP contribution >= 0.6 is 15.6 Å². The van der Waals surface area contributed by atoms with Gasteiger partial charge in [0, 0.05) is 25.7 Å². The van der Waals surface area contributed by atoms with Gasteiger partial charge in [0.05, 0.1) is 26.4 Å². The maximum Gasteiger partial charge on any atom is 0.472 e. The zero-order valence-corrected chi connectivity index (χ0v) is 68.0. The van der Waals surface area contributed by atoms with Crippen molar-refractivity contribution in [3.05, 3.63) is 24.3 Å². The lowest BCUT2D eigenvalue weighted by Gasteiger charge is -2.21. The fourth-order valence-electron chi connectivity index (χ4n) is 12.4. The summed E-state index contributed by atoms with van der Waals surface area (Å²) in [5.74, 6) is -1.31. The van der Waals surface area contributed by atoms with Gasteiger partial charge in [-0.05, 0) is 57.3 Å². The minimum atomic E-state index is -4.97. The van der Waals surface area contributed by atoms with Crippen molar-refractivity contribution >= 4 is 39.5 Å². The highest BCUT2D eigenvalue weighted by molar-refractivity contribution is 7.47. The third kappa shape index (κ3) is 75.8. The summed E-state index contributed by atoms with van der Waals surface area (Å²) in [5.41, 5.74) is 0. The van der Waals surface area contributed by atoms with Crippen molar-refractivity contribution in [2.24, 2.45) is 5.92 Å². The first-order valence-corrected chi connectivity index (χ1v) is 45.4.